The average Bonchev–Trinajstić information content (AvgIpc) is 2.43. The van der Waals surface area contributed by atoms with Crippen LogP contribution in [-0.2, 0) is 6.42 Å². The van der Waals surface area contributed by atoms with Gasteiger partial charge in [0.05, 0.1) is 4.90 Å². The summed E-state index contributed by atoms with van der Waals surface area (Å²) in [4.78, 5) is 4.33. The van der Waals surface area contributed by atoms with Gasteiger partial charge in [0.2, 0.25) is 0 Å². The van der Waals surface area contributed by atoms with Crippen LogP contribution in [0.15, 0.2) is 58.3 Å². The lowest BCUT2D eigenvalue weighted by Crippen LogP contribution is -2.26. The van der Waals surface area contributed by atoms with Crippen LogP contribution in [0.4, 0.5) is 0 Å². The molecule has 0 aliphatic carbocycles. The molecule has 3 heteroatoms. The molecule has 20 heavy (non-hydrogen) atoms. The first kappa shape index (κ1) is 14.9. The molecule has 0 amide bonds. The molecule has 2 rings (SSSR count). The minimum absolute atomic E-state index is 0.341. The highest BCUT2D eigenvalue weighted by Gasteiger charge is 2.11. The molecule has 0 aliphatic heterocycles. The molecular weight excluding hydrogens is 266 g/mol. The normalized spacial score (nSPS) is 12.6. The van der Waals surface area contributed by atoms with Crippen molar-refractivity contribution in [3.8, 4) is 5.75 Å². The van der Waals surface area contributed by atoms with Gasteiger partial charge in [-0.3, -0.25) is 0 Å². The molecule has 106 valence electrons. The molecule has 2 aromatic carbocycles. The predicted molar refractivity (Wildman–Crippen MR) is 85.5 cm³/mol. The average molecular weight is 287 g/mol. The fraction of sp³-hybridized carbons (Fsp3) is 0.294. The van der Waals surface area contributed by atoms with Gasteiger partial charge in [-0.05, 0) is 51.2 Å². The Bertz CT molecular complexity index is 568. The number of benzene rings is 2. The van der Waals surface area contributed by atoms with E-state index in [-0.39, 0.29) is 0 Å². The minimum atomic E-state index is 0.341. The fourth-order valence-corrected chi connectivity index (χ4v) is 2.92. The third-order valence-electron chi connectivity index (χ3n) is 3.45. The maximum absolute atomic E-state index is 9.90. The summed E-state index contributed by atoms with van der Waals surface area (Å²) < 4.78 is 0. The van der Waals surface area contributed by atoms with E-state index in [1.165, 1.54) is 10.5 Å². The smallest absolute Gasteiger partial charge is 0.129 e. The molecule has 2 aromatic rings. The molecule has 0 heterocycles. The van der Waals surface area contributed by atoms with Crippen LogP contribution in [0, 0.1) is 0 Å². The standard InChI is InChI=1S/C17H21NOS/c1-13(18(2)3)12-14-8-4-6-10-16(14)20-17-11-7-5-9-15(17)19/h4-11,13,19H,12H2,1-3H3. The van der Waals surface area contributed by atoms with E-state index in [2.05, 4.69) is 44.1 Å². The second-order valence-corrected chi connectivity index (χ2v) is 6.28. The summed E-state index contributed by atoms with van der Waals surface area (Å²) >= 11 is 1.63. The van der Waals surface area contributed by atoms with Crippen molar-refractivity contribution < 1.29 is 5.11 Å². The largest absolute Gasteiger partial charge is 0.507 e. The molecule has 0 fully saturated rings. The number of likely N-dealkylation sites (N-methyl/N-ethyl adjacent to an activating group) is 1. The van der Waals surface area contributed by atoms with Crippen LogP contribution < -0.4 is 0 Å². The maximum atomic E-state index is 9.90. The Morgan fingerprint density at radius 3 is 2.25 bits per heavy atom. The summed E-state index contributed by atoms with van der Waals surface area (Å²) in [5.41, 5.74) is 1.32. The van der Waals surface area contributed by atoms with Crippen LogP contribution in [0.25, 0.3) is 0 Å². The topological polar surface area (TPSA) is 23.5 Å². The second-order valence-electron chi connectivity index (χ2n) is 5.19. The van der Waals surface area contributed by atoms with Gasteiger partial charge >= 0.3 is 0 Å². The highest BCUT2D eigenvalue weighted by atomic mass is 32.2. The van der Waals surface area contributed by atoms with Crippen molar-refractivity contribution in [1.29, 1.82) is 0 Å². The van der Waals surface area contributed by atoms with Crippen LogP contribution in [0.3, 0.4) is 0 Å². The second kappa shape index (κ2) is 6.82. The van der Waals surface area contributed by atoms with Gasteiger partial charge in [-0.1, -0.05) is 42.1 Å². The molecular formula is C17H21NOS. The number of hydrogen-bond donors (Lipinski definition) is 1. The number of hydrogen-bond acceptors (Lipinski definition) is 3. The lowest BCUT2D eigenvalue weighted by molar-refractivity contribution is 0.311. The molecule has 1 N–H and O–H groups in total. The van der Waals surface area contributed by atoms with Crippen LogP contribution in [0.5, 0.6) is 5.75 Å². The Kier molecular flexibility index (Phi) is 5.10. The van der Waals surface area contributed by atoms with E-state index in [0.29, 0.717) is 11.8 Å². The van der Waals surface area contributed by atoms with Crippen LogP contribution in [0.2, 0.25) is 0 Å². The molecule has 0 aromatic heterocycles. The Balaban J connectivity index is 2.22. The highest BCUT2D eigenvalue weighted by molar-refractivity contribution is 7.99. The first-order valence-corrected chi connectivity index (χ1v) is 7.59. The highest BCUT2D eigenvalue weighted by Crippen LogP contribution is 2.36. The van der Waals surface area contributed by atoms with Gasteiger partial charge in [0, 0.05) is 10.9 Å². The molecule has 1 atom stereocenters. The summed E-state index contributed by atoms with van der Waals surface area (Å²) in [6.45, 7) is 2.22. The maximum Gasteiger partial charge on any atom is 0.129 e. The van der Waals surface area contributed by atoms with E-state index >= 15 is 0 Å². The Morgan fingerprint density at radius 2 is 1.60 bits per heavy atom. The van der Waals surface area contributed by atoms with Gasteiger partial charge in [0.1, 0.15) is 5.75 Å². The molecule has 0 spiro atoms. The lowest BCUT2D eigenvalue weighted by atomic mass is 10.1. The molecule has 1 unspecified atom stereocenters. The SMILES string of the molecule is CC(Cc1ccccc1Sc1ccccc1O)N(C)C. The third-order valence-corrected chi connectivity index (χ3v) is 4.64. The quantitative estimate of drug-likeness (QED) is 0.898. The van der Waals surface area contributed by atoms with Crippen LogP contribution in [-0.4, -0.2) is 30.1 Å². The van der Waals surface area contributed by atoms with Gasteiger partial charge in [-0.15, -0.1) is 0 Å². The summed E-state index contributed by atoms with van der Waals surface area (Å²) in [6, 6.07) is 16.4. The van der Waals surface area contributed by atoms with Crippen LogP contribution >= 0.6 is 11.8 Å². The van der Waals surface area contributed by atoms with Crippen molar-refractivity contribution in [3.63, 3.8) is 0 Å². The van der Waals surface area contributed by atoms with Gasteiger partial charge in [-0.25, -0.2) is 0 Å². The molecule has 0 saturated carbocycles. The third kappa shape index (κ3) is 3.78. The first-order valence-electron chi connectivity index (χ1n) is 6.78. The Labute approximate surface area is 125 Å². The van der Waals surface area contributed by atoms with Crippen LogP contribution in [0.1, 0.15) is 12.5 Å². The predicted octanol–water partition coefficient (Wildman–Crippen LogP) is 4.04. The summed E-state index contributed by atoms with van der Waals surface area (Å²) in [5.74, 6) is 0.341. The van der Waals surface area contributed by atoms with E-state index in [4.69, 9.17) is 0 Å². The van der Waals surface area contributed by atoms with E-state index in [9.17, 15) is 5.11 Å². The van der Waals surface area contributed by atoms with Crippen molar-refractivity contribution in [2.45, 2.75) is 29.2 Å². The van der Waals surface area contributed by atoms with Crippen molar-refractivity contribution >= 4 is 11.8 Å². The van der Waals surface area contributed by atoms with Gasteiger partial charge in [0.15, 0.2) is 0 Å². The zero-order chi connectivity index (χ0) is 14.5. The van der Waals surface area contributed by atoms with E-state index in [0.717, 1.165) is 11.3 Å². The van der Waals surface area contributed by atoms with Gasteiger partial charge in [-0.2, -0.15) is 0 Å². The van der Waals surface area contributed by atoms with Gasteiger partial charge < -0.3 is 10.0 Å². The van der Waals surface area contributed by atoms with Crippen molar-refractivity contribution in [1.82, 2.24) is 4.90 Å². The van der Waals surface area contributed by atoms with E-state index in [1.54, 1.807) is 17.8 Å². The number of aromatic hydroxyl groups is 1. The van der Waals surface area contributed by atoms with Crippen molar-refractivity contribution in [2.24, 2.45) is 0 Å². The summed E-state index contributed by atoms with van der Waals surface area (Å²) in [7, 11) is 4.20. The summed E-state index contributed by atoms with van der Waals surface area (Å²) in [5, 5.41) is 9.90. The number of phenols is 1. The summed E-state index contributed by atoms with van der Waals surface area (Å²) in [6.07, 6.45) is 1.00. The molecule has 0 bridgehead atoms. The lowest BCUT2D eigenvalue weighted by Gasteiger charge is -2.21. The zero-order valence-electron chi connectivity index (χ0n) is 12.2. The first-order chi connectivity index (χ1) is 9.58. The molecule has 0 radical (unpaired) electrons. The molecule has 2 nitrogen and oxygen atoms in total. The van der Waals surface area contributed by atoms with Gasteiger partial charge in [0.25, 0.3) is 0 Å². The zero-order valence-corrected chi connectivity index (χ0v) is 13.0. The van der Waals surface area contributed by atoms with Crippen molar-refractivity contribution in [2.75, 3.05) is 14.1 Å². The molecule has 0 aliphatic rings. The Hall–Kier alpha value is -1.45. The Morgan fingerprint density at radius 1 is 1.00 bits per heavy atom. The van der Waals surface area contributed by atoms with E-state index < -0.39 is 0 Å². The number of rotatable bonds is 5. The minimum Gasteiger partial charge on any atom is -0.507 e. The van der Waals surface area contributed by atoms with Crippen molar-refractivity contribution in [3.05, 3.63) is 54.1 Å². The number of phenolic OH excluding ortho intramolecular Hbond substituents is 1. The monoisotopic (exact) mass is 287 g/mol. The fourth-order valence-electron chi connectivity index (χ4n) is 1.93. The van der Waals surface area contributed by atoms with E-state index in [1.807, 2.05) is 24.3 Å². The molecule has 0 saturated heterocycles. The number of nitrogens with zero attached hydrogens (tertiary/aromatic N) is 1. The number of para-hydroxylation sites is 1.